The van der Waals surface area contributed by atoms with Crippen LogP contribution in [0, 0.1) is 11.3 Å². The topological polar surface area (TPSA) is 98.1 Å². The van der Waals surface area contributed by atoms with E-state index in [1.807, 2.05) is 48.5 Å². The van der Waals surface area contributed by atoms with E-state index in [1.54, 1.807) is 29.1 Å². The van der Waals surface area contributed by atoms with E-state index < -0.39 is 11.6 Å². The molecule has 2 aromatic carbocycles. The fourth-order valence-electron chi connectivity index (χ4n) is 3.15. The van der Waals surface area contributed by atoms with Gasteiger partial charge in [0.25, 0.3) is 0 Å². The van der Waals surface area contributed by atoms with Gasteiger partial charge in [-0.1, -0.05) is 49.1 Å². The van der Waals surface area contributed by atoms with Gasteiger partial charge in [0.05, 0.1) is 11.3 Å². The Hall–Kier alpha value is -4.70. The molecule has 4 rings (SSSR count). The van der Waals surface area contributed by atoms with E-state index in [0.29, 0.717) is 11.1 Å². The Morgan fingerprint density at radius 2 is 1.94 bits per heavy atom. The molecule has 0 saturated heterocycles. The van der Waals surface area contributed by atoms with Gasteiger partial charge < -0.3 is 9.15 Å². The van der Waals surface area contributed by atoms with Gasteiger partial charge in [0.2, 0.25) is 0 Å². The number of hydrogen-bond acceptors (Lipinski definition) is 6. The van der Waals surface area contributed by atoms with E-state index in [4.69, 9.17) is 9.15 Å². The molecule has 4 aromatic rings. The summed E-state index contributed by atoms with van der Waals surface area (Å²) in [7, 11) is 0. The number of fused-ring (bicyclic) bond motifs is 1. The van der Waals surface area contributed by atoms with Crippen molar-refractivity contribution < 1.29 is 13.9 Å². The van der Waals surface area contributed by atoms with Gasteiger partial charge >= 0.3 is 11.6 Å². The minimum absolute atomic E-state index is 0.0255. The molecule has 156 valence electrons. The van der Waals surface area contributed by atoms with Gasteiger partial charge in [-0.25, -0.2) is 14.3 Å². The largest absolute Gasteiger partial charge is 0.457 e. The number of nitriles is 1. The van der Waals surface area contributed by atoms with Gasteiger partial charge in [0, 0.05) is 17.1 Å². The summed E-state index contributed by atoms with van der Waals surface area (Å²) < 4.78 is 12.0. The Labute approximate surface area is 183 Å². The average molecular weight is 423 g/mol. The Morgan fingerprint density at radius 1 is 1.19 bits per heavy atom. The second-order valence-electron chi connectivity index (χ2n) is 6.76. The monoisotopic (exact) mass is 423 g/mol. The molecule has 0 spiro atoms. The molecule has 0 aliphatic carbocycles. The molecule has 0 N–H and O–H groups in total. The van der Waals surface area contributed by atoms with Crippen LogP contribution in [0.1, 0.15) is 5.56 Å². The summed E-state index contributed by atoms with van der Waals surface area (Å²) in [5, 5.41) is 14.8. The molecule has 0 atom stereocenters. The van der Waals surface area contributed by atoms with Crippen molar-refractivity contribution in [1.29, 1.82) is 5.26 Å². The van der Waals surface area contributed by atoms with Gasteiger partial charge in [-0.05, 0) is 30.3 Å². The van der Waals surface area contributed by atoms with Crippen LogP contribution in [-0.4, -0.2) is 22.4 Å². The maximum absolute atomic E-state index is 12.8. The molecule has 7 nitrogen and oxygen atoms in total. The van der Waals surface area contributed by atoms with E-state index >= 15 is 0 Å². The van der Waals surface area contributed by atoms with Gasteiger partial charge in [0.1, 0.15) is 29.5 Å². The second kappa shape index (κ2) is 8.98. The van der Waals surface area contributed by atoms with Gasteiger partial charge in [-0.3, -0.25) is 0 Å². The number of hydrogen-bond donors (Lipinski definition) is 0. The quantitative estimate of drug-likeness (QED) is 0.151. The molecule has 2 aromatic heterocycles. The summed E-state index contributed by atoms with van der Waals surface area (Å²) in [5.74, 6) is -0.795. The molecule has 7 heteroatoms. The van der Waals surface area contributed by atoms with Crippen molar-refractivity contribution in [2.45, 2.75) is 0 Å². The molecular formula is C25H17N3O4. The van der Waals surface area contributed by atoms with E-state index in [9.17, 15) is 14.9 Å². The Morgan fingerprint density at radius 3 is 2.69 bits per heavy atom. The highest BCUT2D eigenvalue weighted by Crippen LogP contribution is 2.26. The first-order valence-electron chi connectivity index (χ1n) is 9.69. The summed E-state index contributed by atoms with van der Waals surface area (Å²) in [6.07, 6.45) is 4.39. The maximum Gasteiger partial charge on any atom is 0.349 e. The number of nitrogens with zero attached hydrogens (tertiary/aromatic N) is 3. The molecule has 0 aliphatic rings. The lowest BCUT2D eigenvalue weighted by atomic mass is 10.1. The molecule has 0 bridgehead atoms. The lowest BCUT2D eigenvalue weighted by molar-refractivity contribution is -0.137. The smallest absolute Gasteiger partial charge is 0.349 e. The van der Waals surface area contributed by atoms with Crippen LogP contribution in [0.4, 0.5) is 0 Å². The Balaban J connectivity index is 1.91. The zero-order valence-electron chi connectivity index (χ0n) is 16.9. The molecule has 0 fully saturated rings. The van der Waals surface area contributed by atoms with Gasteiger partial charge in [-0.2, -0.15) is 10.4 Å². The highest BCUT2D eigenvalue weighted by molar-refractivity contribution is 5.99. The third kappa shape index (κ3) is 4.11. The molecule has 0 saturated carbocycles. The highest BCUT2D eigenvalue weighted by Gasteiger charge is 2.19. The van der Waals surface area contributed by atoms with Crippen molar-refractivity contribution in [1.82, 2.24) is 9.78 Å². The summed E-state index contributed by atoms with van der Waals surface area (Å²) in [6.45, 7) is 3.46. The fraction of sp³-hybridized carbons (Fsp3) is 0.0400. The van der Waals surface area contributed by atoms with E-state index in [1.165, 1.54) is 12.2 Å². The molecule has 0 amide bonds. The SMILES string of the molecule is C=CCOC(=O)/C(C#N)=C\c1cn(-c2ccccc2)nc1-c1cc2ccccc2oc1=O. The second-order valence-corrected chi connectivity index (χ2v) is 6.76. The number of carbonyl (C=O) groups is 1. The summed E-state index contributed by atoms with van der Waals surface area (Å²) in [6, 6.07) is 19.9. The number of esters is 1. The molecule has 2 heterocycles. The lowest BCUT2D eigenvalue weighted by Gasteiger charge is -2.02. The number of carbonyl (C=O) groups excluding carboxylic acids is 1. The van der Waals surface area contributed by atoms with Crippen molar-refractivity contribution >= 4 is 23.0 Å². The van der Waals surface area contributed by atoms with Crippen molar-refractivity contribution in [2.75, 3.05) is 6.61 Å². The van der Waals surface area contributed by atoms with E-state index in [2.05, 4.69) is 11.7 Å². The predicted octanol–water partition coefficient (Wildman–Crippen LogP) is 4.28. The van der Waals surface area contributed by atoms with Crippen molar-refractivity contribution in [3.05, 3.63) is 101 Å². The van der Waals surface area contributed by atoms with Crippen molar-refractivity contribution in [3.8, 4) is 23.0 Å². The number of ether oxygens (including phenoxy) is 1. The number of rotatable bonds is 6. The third-order valence-electron chi connectivity index (χ3n) is 4.63. The normalized spacial score (nSPS) is 11.2. The van der Waals surface area contributed by atoms with Gasteiger partial charge in [0.15, 0.2) is 0 Å². The number of aromatic nitrogens is 2. The van der Waals surface area contributed by atoms with Crippen molar-refractivity contribution in [2.24, 2.45) is 0 Å². The van der Waals surface area contributed by atoms with Gasteiger partial charge in [-0.15, -0.1) is 0 Å². The zero-order chi connectivity index (χ0) is 22.5. The van der Waals surface area contributed by atoms with E-state index in [0.717, 1.165) is 11.1 Å². The predicted molar refractivity (Wildman–Crippen MR) is 120 cm³/mol. The standard InChI is InChI=1S/C25H17N3O4/c1-2-12-31-24(29)18(15-26)13-19-16-28(20-9-4-3-5-10-20)27-23(19)21-14-17-8-6-7-11-22(17)32-25(21)30/h2-11,13-14,16H,1,12H2/b18-13-. The number of para-hydroxylation sites is 2. The minimum Gasteiger partial charge on any atom is -0.457 e. The van der Waals surface area contributed by atoms with Crippen LogP contribution < -0.4 is 5.63 Å². The molecule has 0 aliphatic heterocycles. The summed E-state index contributed by atoms with van der Waals surface area (Å²) in [4.78, 5) is 25.0. The molecule has 0 unspecified atom stereocenters. The third-order valence-corrected chi connectivity index (χ3v) is 4.63. The number of benzene rings is 2. The molecule has 0 radical (unpaired) electrons. The van der Waals surface area contributed by atoms with Crippen LogP contribution >= 0.6 is 0 Å². The van der Waals surface area contributed by atoms with Crippen LogP contribution in [0.5, 0.6) is 0 Å². The summed E-state index contributed by atoms with van der Waals surface area (Å²) in [5.41, 5.74) is 1.26. The first-order chi connectivity index (χ1) is 15.6. The maximum atomic E-state index is 12.8. The lowest BCUT2D eigenvalue weighted by Crippen LogP contribution is -2.07. The summed E-state index contributed by atoms with van der Waals surface area (Å²) >= 11 is 0. The molecular weight excluding hydrogens is 406 g/mol. The van der Waals surface area contributed by atoms with E-state index in [-0.39, 0.29) is 23.4 Å². The zero-order valence-corrected chi connectivity index (χ0v) is 16.9. The van der Waals surface area contributed by atoms with Crippen LogP contribution in [0.2, 0.25) is 0 Å². The minimum atomic E-state index is -0.795. The first kappa shape index (κ1) is 20.6. The average Bonchev–Trinajstić information content (AvgIpc) is 3.24. The highest BCUT2D eigenvalue weighted by atomic mass is 16.5. The van der Waals surface area contributed by atoms with Crippen LogP contribution in [0.25, 0.3) is 34.0 Å². The van der Waals surface area contributed by atoms with Crippen LogP contribution in [0.3, 0.4) is 0 Å². The van der Waals surface area contributed by atoms with Crippen LogP contribution in [-0.2, 0) is 9.53 Å². The first-order valence-corrected chi connectivity index (χ1v) is 9.69. The Bertz CT molecular complexity index is 1440. The van der Waals surface area contributed by atoms with Crippen molar-refractivity contribution in [3.63, 3.8) is 0 Å². The fourth-order valence-corrected chi connectivity index (χ4v) is 3.15. The molecule has 32 heavy (non-hydrogen) atoms. The Kier molecular flexibility index (Phi) is 5.77. The van der Waals surface area contributed by atoms with Crippen LogP contribution in [0.15, 0.2) is 94.3 Å².